The standard InChI is InChI=1S/C19H19F3N4O2/c1-23-14-6-11(2-5-13(14)19(20,21)22)24-16-7-15(25-26(16)12-3-4-12)18-8-10(18)9-28-17(18)27/h2,5-7,10,12,23-24H,3-4,8-9H2,1H3/t10-,18-/m0/s1. The van der Waals surface area contributed by atoms with Gasteiger partial charge >= 0.3 is 12.1 Å². The Morgan fingerprint density at radius 1 is 1.29 bits per heavy atom. The summed E-state index contributed by atoms with van der Waals surface area (Å²) in [6, 6.07) is 5.96. The van der Waals surface area contributed by atoms with Gasteiger partial charge in [-0.15, -0.1) is 0 Å². The normalized spacial score (nSPS) is 26.0. The predicted octanol–water partition coefficient (Wildman–Crippen LogP) is 3.84. The molecule has 2 aromatic rings. The Balaban J connectivity index is 1.48. The average Bonchev–Trinajstić information content (AvgIpc) is 3.56. The zero-order valence-electron chi connectivity index (χ0n) is 15.1. The number of ether oxygens (including phenoxy) is 1. The summed E-state index contributed by atoms with van der Waals surface area (Å²) in [6.07, 6.45) is -1.70. The highest BCUT2D eigenvalue weighted by Gasteiger charge is 2.68. The fraction of sp³-hybridized carbons (Fsp3) is 0.474. The second-order valence-corrected chi connectivity index (χ2v) is 7.69. The number of halogens is 3. The van der Waals surface area contributed by atoms with Crippen molar-refractivity contribution in [2.45, 2.75) is 36.9 Å². The van der Waals surface area contributed by atoms with Crippen LogP contribution >= 0.6 is 0 Å². The van der Waals surface area contributed by atoms with E-state index in [1.807, 2.05) is 10.7 Å². The van der Waals surface area contributed by atoms with Crippen LogP contribution in [0, 0.1) is 5.92 Å². The third-order valence-corrected chi connectivity index (χ3v) is 5.84. The van der Waals surface area contributed by atoms with E-state index in [4.69, 9.17) is 4.74 Å². The number of aromatic nitrogens is 2. The number of benzene rings is 1. The molecular formula is C19H19F3N4O2. The smallest absolute Gasteiger partial charge is 0.418 e. The van der Waals surface area contributed by atoms with Crippen LogP contribution in [-0.4, -0.2) is 29.4 Å². The number of hydrogen-bond donors (Lipinski definition) is 2. The van der Waals surface area contributed by atoms with E-state index in [2.05, 4.69) is 15.7 Å². The van der Waals surface area contributed by atoms with Gasteiger partial charge in [0.2, 0.25) is 0 Å². The number of cyclic esters (lactones) is 1. The minimum atomic E-state index is -4.43. The van der Waals surface area contributed by atoms with E-state index in [0.29, 0.717) is 23.8 Å². The molecule has 0 unspecified atom stereocenters. The zero-order valence-corrected chi connectivity index (χ0v) is 15.1. The molecule has 2 N–H and O–H groups in total. The molecule has 28 heavy (non-hydrogen) atoms. The Bertz CT molecular complexity index is 967. The molecule has 3 aliphatic rings. The van der Waals surface area contributed by atoms with E-state index in [1.165, 1.54) is 19.2 Å². The Labute approximate surface area is 159 Å². The topological polar surface area (TPSA) is 68.2 Å². The third-order valence-electron chi connectivity index (χ3n) is 5.84. The lowest BCUT2D eigenvalue weighted by Gasteiger charge is -2.15. The molecule has 1 aliphatic heterocycles. The number of alkyl halides is 3. The van der Waals surface area contributed by atoms with Crippen molar-refractivity contribution in [2.75, 3.05) is 24.3 Å². The first-order chi connectivity index (χ1) is 13.3. The van der Waals surface area contributed by atoms with Crippen molar-refractivity contribution in [2.24, 2.45) is 5.92 Å². The van der Waals surface area contributed by atoms with Crippen molar-refractivity contribution in [3.8, 4) is 0 Å². The number of rotatable bonds is 5. The molecule has 0 spiro atoms. The minimum absolute atomic E-state index is 0.00423. The monoisotopic (exact) mass is 392 g/mol. The third kappa shape index (κ3) is 2.56. The molecule has 2 aliphatic carbocycles. The zero-order chi connectivity index (χ0) is 19.7. The highest BCUT2D eigenvalue weighted by molar-refractivity contribution is 5.89. The van der Waals surface area contributed by atoms with Crippen LogP contribution in [0.15, 0.2) is 24.3 Å². The first-order valence-corrected chi connectivity index (χ1v) is 9.26. The fourth-order valence-corrected chi connectivity index (χ4v) is 4.03. The molecule has 0 bridgehead atoms. The summed E-state index contributed by atoms with van der Waals surface area (Å²) < 4.78 is 46.4. The van der Waals surface area contributed by atoms with Gasteiger partial charge in [0.05, 0.1) is 23.9 Å². The average molecular weight is 392 g/mol. The largest absolute Gasteiger partial charge is 0.465 e. The molecule has 9 heteroatoms. The van der Waals surface area contributed by atoms with Crippen molar-refractivity contribution in [3.05, 3.63) is 35.5 Å². The van der Waals surface area contributed by atoms with Crippen LogP contribution in [0.2, 0.25) is 0 Å². The summed E-state index contributed by atoms with van der Waals surface area (Å²) in [4.78, 5) is 12.2. The highest BCUT2D eigenvalue weighted by atomic mass is 19.4. The Morgan fingerprint density at radius 2 is 2.07 bits per heavy atom. The van der Waals surface area contributed by atoms with Gasteiger partial charge < -0.3 is 15.4 Å². The molecule has 1 aromatic carbocycles. The molecule has 2 saturated carbocycles. The molecule has 1 aromatic heterocycles. The first-order valence-electron chi connectivity index (χ1n) is 9.26. The lowest BCUT2D eigenvalue weighted by Crippen LogP contribution is -2.19. The number of carbonyl (C=O) groups excluding carboxylic acids is 1. The maximum atomic E-state index is 13.1. The number of fused-ring (bicyclic) bond motifs is 1. The van der Waals surface area contributed by atoms with Gasteiger partial charge in [-0.3, -0.25) is 4.79 Å². The van der Waals surface area contributed by atoms with E-state index in [-0.39, 0.29) is 23.6 Å². The second kappa shape index (κ2) is 5.65. The van der Waals surface area contributed by atoms with E-state index in [9.17, 15) is 18.0 Å². The number of carbonyl (C=O) groups is 1. The van der Waals surface area contributed by atoms with Crippen molar-refractivity contribution < 1.29 is 22.7 Å². The van der Waals surface area contributed by atoms with Gasteiger partial charge in [-0.25, -0.2) is 4.68 Å². The van der Waals surface area contributed by atoms with Gasteiger partial charge in [0.25, 0.3) is 0 Å². The lowest BCUT2D eigenvalue weighted by atomic mass is 10.0. The first kappa shape index (κ1) is 17.4. The summed E-state index contributed by atoms with van der Waals surface area (Å²) >= 11 is 0. The van der Waals surface area contributed by atoms with Crippen LogP contribution in [0.1, 0.15) is 36.6 Å². The summed E-state index contributed by atoms with van der Waals surface area (Å²) in [5.41, 5.74) is -0.146. The van der Waals surface area contributed by atoms with E-state index in [1.54, 1.807) is 0 Å². The lowest BCUT2D eigenvalue weighted by molar-refractivity contribution is -0.142. The van der Waals surface area contributed by atoms with Crippen LogP contribution in [-0.2, 0) is 21.1 Å². The van der Waals surface area contributed by atoms with Crippen LogP contribution in [0.4, 0.5) is 30.4 Å². The molecule has 6 nitrogen and oxygen atoms in total. The van der Waals surface area contributed by atoms with Gasteiger partial charge in [0.15, 0.2) is 0 Å². The highest BCUT2D eigenvalue weighted by Crippen LogP contribution is 2.59. The maximum Gasteiger partial charge on any atom is 0.418 e. The van der Waals surface area contributed by atoms with Crippen LogP contribution < -0.4 is 10.6 Å². The predicted molar refractivity (Wildman–Crippen MR) is 95.5 cm³/mol. The van der Waals surface area contributed by atoms with Gasteiger partial charge in [-0.05, 0) is 37.5 Å². The van der Waals surface area contributed by atoms with Crippen LogP contribution in [0.5, 0.6) is 0 Å². The number of anilines is 3. The molecule has 0 radical (unpaired) electrons. The Morgan fingerprint density at radius 3 is 2.64 bits per heavy atom. The minimum Gasteiger partial charge on any atom is -0.465 e. The maximum absolute atomic E-state index is 13.1. The van der Waals surface area contributed by atoms with Crippen molar-refractivity contribution >= 4 is 23.2 Å². The number of esters is 1. The quantitative estimate of drug-likeness (QED) is 0.757. The second-order valence-electron chi connectivity index (χ2n) is 7.69. The Kier molecular flexibility index (Phi) is 3.51. The van der Waals surface area contributed by atoms with Crippen molar-refractivity contribution in [1.82, 2.24) is 9.78 Å². The number of nitrogens with zero attached hydrogens (tertiary/aromatic N) is 2. The van der Waals surface area contributed by atoms with E-state index >= 15 is 0 Å². The number of hydrogen-bond acceptors (Lipinski definition) is 5. The summed E-state index contributed by atoms with van der Waals surface area (Å²) in [6.45, 7) is 0.433. The van der Waals surface area contributed by atoms with Crippen LogP contribution in [0.25, 0.3) is 0 Å². The van der Waals surface area contributed by atoms with E-state index < -0.39 is 17.2 Å². The fourth-order valence-electron chi connectivity index (χ4n) is 4.03. The molecule has 148 valence electrons. The molecule has 0 amide bonds. The van der Waals surface area contributed by atoms with Crippen molar-refractivity contribution in [1.29, 1.82) is 0 Å². The summed E-state index contributed by atoms with van der Waals surface area (Å²) in [5.74, 6) is 0.632. The molecule has 1 saturated heterocycles. The van der Waals surface area contributed by atoms with Gasteiger partial charge in [0.1, 0.15) is 11.2 Å². The number of nitrogens with one attached hydrogen (secondary N) is 2. The molecule has 2 heterocycles. The molecular weight excluding hydrogens is 373 g/mol. The molecule has 3 fully saturated rings. The van der Waals surface area contributed by atoms with Crippen LogP contribution in [0.3, 0.4) is 0 Å². The van der Waals surface area contributed by atoms with Gasteiger partial charge in [0, 0.05) is 30.4 Å². The van der Waals surface area contributed by atoms with E-state index in [0.717, 1.165) is 25.3 Å². The summed E-state index contributed by atoms with van der Waals surface area (Å²) in [7, 11) is 1.46. The van der Waals surface area contributed by atoms with Gasteiger partial charge in [-0.1, -0.05) is 0 Å². The van der Waals surface area contributed by atoms with Crippen molar-refractivity contribution in [3.63, 3.8) is 0 Å². The molecule has 2 atom stereocenters. The Hall–Kier alpha value is -2.71. The molecule has 5 rings (SSSR count). The van der Waals surface area contributed by atoms with Gasteiger partial charge in [-0.2, -0.15) is 18.3 Å². The summed E-state index contributed by atoms with van der Waals surface area (Å²) in [5, 5.41) is 10.5. The SMILES string of the molecule is CNc1cc(Nc2cc([C@]34C[C@H]3COC4=O)nn2C2CC2)ccc1C(F)(F)F.